The maximum Gasteiger partial charge on any atom is 0.225 e. The Morgan fingerprint density at radius 1 is 1.24 bits per heavy atom. The molecule has 4 nitrogen and oxygen atoms in total. The number of hydrogen-bond donors (Lipinski definition) is 0. The zero-order valence-electron chi connectivity index (χ0n) is 9.84. The number of fused-ring (bicyclic) bond motifs is 2. The number of rotatable bonds is 1. The summed E-state index contributed by atoms with van der Waals surface area (Å²) in [6.07, 6.45) is 3.32. The van der Waals surface area contributed by atoms with Gasteiger partial charge in [-0.3, -0.25) is 0 Å². The second kappa shape index (κ2) is 4.42. The van der Waals surface area contributed by atoms with E-state index >= 15 is 0 Å². The third kappa shape index (κ3) is 2.11. The normalized spacial score (nSPS) is 32.6. The van der Waals surface area contributed by atoms with Gasteiger partial charge in [-0.2, -0.15) is 0 Å². The molecule has 92 valence electrons. The van der Waals surface area contributed by atoms with E-state index in [1.165, 1.54) is 0 Å². The Morgan fingerprint density at radius 2 is 1.82 bits per heavy atom. The molecule has 17 heavy (non-hydrogen) atoms. The molecular formula is C12H16ClN3O. The van der Waals surface area contributed by atoms with Crippen LogP contribution < -0.4 is 4.90 Å². The molecule has 2 fully saturated rings. The fraction of sp³-hybridized carbons (Fsp3) is 0.667. The van der Waals surface area contributed by atoms with Gasteiger partial charge in [-0.25, -0.2) is 9.97 Å². The van der Waals surface area contributed by atoms with Gasteiger partial charge in [0, 0.05) is 24.9 Å². The summed E-state index contributed by atoms with van der Waals surface area (Å²) in [6.45, 7) is 6.03. The van der Waals surface area contributed by atoms with E-state index in [0.717, 1.165) is 38.2 Å². The van der Waals surface area contributed by atoms with Crippen LogP contribution in [0.15, 0.2) is 12.4 Å². The molecule has 3 heterocycles. The first-order chi connectivity index (χ1) is 8.24. The van der Waals surface area contributed by atoms with E-state index in [1.54, 1.807) is 12.4 Å². The van der Waals surface area contributed by atoms with Crippen LogP contribution in [0.25, 0.3) is 0 Å². The fourth-order valence-electron chi connectivity index (χ4n) is 2.77. The smallest absolute Gasteiger partial charge is 0.225 e. The lowest BCUT2D eigenvalue weighted by Crippen LogP contribution is -2.52. The monoisotopic (exact) mass is 253 g/mol. The molecule has 2 aliphatic heterocycles. The quantitative estimate of drug-likeness (QED) is 0.766. The SMILES string of the molecule is CC1C2COCC1CN(c1ncc(Cl)cn1)C2. The number of hydrogen-bond acceptors (Lipinski definition) is 4. The van der Waals surface area contributed by atoms with Crippen LogP contribution >= 0.6 is 11.6 Å². The van der Waals surface area contributed by atoms with Crippen molar-refractivity contribution in [3.8, 4) is 0 Å². The number of nitrogens with zero attached hydrogens (tertiary/aromatic N) is 3. The molecule has 1 aromatic rings. The molecule has 1 aromatic heterocycles. The van der Waals surface area contributed by atoms with Crippen molar-refractivity contribution < 1.29 is 4.74 Å². The third-order valence-electron chi connectivity index (χ3n) is 3.95. The van der Waals surface area contributed by atoms with Crippen molar-refractivity contribution in [1.29, 1.82) is 0 Å². The van der Waals surface area contributed by atoms with Crippen molar-refractivity contribution in [2.24, 2.45) is 17.8 Å². The summed E-state index contributed by atoms with van der Waals surface area (Å²) in [5.41, 5.74) is 0. The Kier molecular flexibility index (Phi) is 2.92. The van der Waals surface area contributed by atoms with Gasteiger partial charge in [0.2, 0.25) is 5.95 Å². The van der Waals surface area contributed by atoms with Crippen LogP contribution in [-0.4, -0.2) is 36.3 Å². The van der Waals surface area contributed by atoms with Crippen LogP contribution in [0.4, 0.5) is 5.95 Å². The molecule has 3 rings (SSSR count). The largest absolute Gasteiger partial charge is 0.381 e. The lowest BCUT2D eigenvalue weighted by molar-refractivity contribution is -0.0321. The summed E-state index contributed by atoms with van der Waals surface area (Å²) in [5, 5.41) is 0.586. The highest BCUT2D eigenvalue weighted by Crippen LogP contribution is 2.33. The van der Waals surface area contributed by atoms with Gasteiger partial charge >= 0.3 is 0 Å². The maximum absolute atomic E-state index is 5.81. The zero-order chi connectivity index (χ0) is 11.8. The maximum atomic E-state index is 5.81. The molecule has 0 saturated carbocycles. The molecule has 2 bridgehead atoms. The molecule has 0 radical (unpaired) electrons. The Hall–Kier alpha value is -0.870. The minimum absolute atomic E-state index is 0.586. The first kappa shape index (κ1) is 11.2. The first-order valence-corrected chi connectivity index (χ1v) is 6.42. The fourth-order valence-corrected chi connectivity index (χ4v) is 2.87. The van der Waals surface area contributed by atoms with E-state index in [0.29, 0.717) is 16.9 Å². The van der Waals surface area contributed by atoms with Gasteiger partial charge in [0.1, 0.15) is 0 Å². The molecule has 0 N–H and O–H groups in total. The van der Waals surface area contributed by atoms with Gasteiger partial charge in [-0.15, -0.1) is 0 Å². The molecule has 0 amide bonds. The van der Waals surface area contributed by atoms with Gasteiger partial charge in [0.25, 0.3) is 0 Å². The third-order valence-corrected chi connectivity index (χ3v) is 4.15. The van der Waals surface area contributed by atoms with Gasteiger partial charge in [-0.1, -0.05) is 18.5 Å². The van der Waals surface area contributed by atoms with E-state index in [1.807, 2.05) is 0 Å². The number of aromatic nitrogens is 2. The zero-order valence-corrected chi connectivity index (χ0v) is 10.6. The topological polar surface area (TPSA) is 38.2 Å². The van der Waals surface area contributed by atoms with Crippen LogP contribution in [-0.2, 0) is 4.74 Å². The van der Waals surface area contributed by atoms with Crippen molar-refractivity contribution in [3.05, 3.63) is 17.4 Å². The predicted molar refractivity (Wildman–Crippen MR) is 66.2 cm³/mol. The Bertz CT molecular complexity index is 383. The molecular weight excluding hydrogens is 238 g/mol. The summed E-state index contributed by atoms with van der Waals surface area (Å²) < 4.78 is 5.62. The van der Waals surface area contributed by atoms with E-state index in [-0.39, 0.29) is 0 Å². The summed E-state index contributed by atoms with van der Waals surface area (Å²) in [4.78, 5) is 10.9. The van der Waals surface area contributed by atoms with Crippen LogP contribution in [0.5, 0.6) is 0 Å². The molecule has 0 spiro atoms. The highest BCUT2D eigenvalue weighted by molar-refractivity contribution is 6.30. The minimum atomic E-state index is 0.586. The molecule has 2 atom stereocenters. The van der Waals surface area contributed by atoms with Gasteiger partial charge in [0.05, 0.1) is 30.6 Å². The Balaban J connectivity index is 1.79. The Morgan fingerprint density at radius 3 is 2.41 bits per heavy atom. The molecule has 0 aliphatic carbocycles. The molecule has 2 unspecified atom stereocenters. The number of ether oxygens (including phenoxy) is 1. The van der Waals surface area contributed by atoms with Crippen molar-refractivity contribution in [2.75, 3.05) is 31.2 Å². The highest BCUT2D eigenvalue weighted by Gasteiger charge is 2.38. The van der Waals surface area contributed by atoms with Crippen molar-refractivity contribution in [3.63, 3.8) is 0 Å². The van der Waals surface area contributed by atoms with E-state index in [4.69, 9.17) is 16.3 Å². The van der Waals surface area contributed by atoms with Gasteiger partial charge in [0.15, 0.2) is 0 Å². The molecule has 2 saturated heterocycles. The van der Waals surface area contributed by atoms with Crippen LogP contribution in [0.1, 0.15) is 6.92 Å². The van der Waals surface area contributed by atoms with Crippen LogP contribution in [0.3, 0.4) is 0 Å². The lowest BCUT2D eigenvalue weighted by atomic mass is 9.78. The summed E-state index contributed by atoms with van der Waals surface area (Å²) in [5.74, 6) is 2.73. The summed E-state index contributed by atoms with van der Waals surface area (Å²) in [7, 11) is 0. The van der Waals surface area contributed by atoms with Crippen molar-refractivity contribution in [2.45, 2.75) is 6.92 Å². The standard InChI is InChI=1S/C12H16ClN3O/c1-8-9-4-16(5-10(8)7-17-6-9)12-14-2-11(13)3-15-12/h2-3,8-10H,4-7H2,1H3. The predicted octanol–water partition coefficient (Wildman–Crippen LogP) is 1.85. The number of anilines is 1. The van der Waals surface area contributed by atoms with Crippen molar-refractivity contribution >= 4 is 17.5 Å². The van der Waals surface area contributed by atoms with Crippen LogP contribution in [0.2, 0.25) is 5.02 Å². The summed E-state index contributed by atoms with van der Waals surface area (Å²) >= 11 is 5.81. The van der Waals surface area contributed by atoms with Gasteiger partial charge < -0.3 is 9.64 Å². The average molecular weight is 254 g/mol. The van der Waals surface area contributed by atoms with E-state index in [9.17, 15) is 0 Å². The minimum Gasteiger partial charge on any atom is -0.381 e. The Labute approximate surface area is 106 Å². The summed E-state index contributed by atoms with van der Waals surface area (Å²) in [6, 6.07) is 0. The first-order valence-electron chi connectivity index (χ1n) is 6.04. The van der Waals surface area contributed by atoms with Crippen molar-refractivity contribution in [1.82, 2.24) is 9.97 Å². The number of piperidine rings is 1. The average Bonchev–Trinajstić information content (AvgIpc) is 2.30. The lowest BCUT2D eigenvalue weighted by Gasteiger charge is -2.45. The van der Waals surface area contributed by atoms with Gasteiger partial charge in [-0.05, 0) is 5.92 Å². The highest BCUT2D eigenvalue weighted by atomic mass is 35.5. The van der Waals surface area contributed by atoms with Crippen LogP contribution in [0, 0.1) is 17.8 Å². The second-order valence-corrected chi connectivity index (χ2v) is 5.46. The molecule has 0 aromatic carbocycles. The number of halogens is 1. The molecule has 2 aliphatic rings. The second-order valence-electron chi connectivity index (χ2n) is 5.02. The van der Waals surface area contributed by atoms with E-state index in [2.05, 4.69) is 21.8 Å². The van der Waals surface area contributed by atoms with E-state index < -0.39 is 0 Å². The molecule has 5 heteroatoms.